The van der Waals surface area contributed by atoms with E-state index in [2.05, 4.69) is 4.98 Å². The summed E-state index contributed by atoms with van der Waals surface area (Å²) in [5.41, 5.74) is 6.77. The maximum Gasteiger partial charge on any atom is 0.220 e. The van der Waals surface area contributed by atoms with Crippen molar-refractivity contribution in [3.05, 3.63) is 41.6 Å². The van der Waals surface area contributed by atoms with Crippen LogP contribution in [0.5, 0.6) is 23.1 Å². The first-order valence-electron chi connectivity index (χ1n) is 6.26. The Morgan fingerprint density at radius 2 is 1.57 bits per heavy atom. The van der Waals surface area contributed by atoms with Crippen LogP contribution in [-0.4, -0.2) is 25.0 Å². The molecular weight excluding hydrogens is 270 g/mol. The van der Waals surface area contributed by atoms with E-state index < -0.39 is 0 Å². The predicted octanol–water partition coefficient (Wildman–Crippen LogP) is 2.48. The Morgan fingerprint density at radius 3 is 2.10 bits per heavy atom. The van der Waals surface area contributed by atoms with Crippen LogP contribution in [0.3, 0.4) is 0 Å². The molecule has 6 heteroatoms. The Labute approximate surface area is 123 Å². The summed E-state index contributed by atoms with van der Waals surface area (Å²) in [6, 6.07) is 8.53. The molecule has 1 aromatic carbocycles. The van der Waals surface area contributed by atoms with Crippen molar-refractivity contribution in [2.45, 2.75) is 6.92 Å². The molecule has 0 radical (unpaired) electrons. The number of rotatable bonds is 5. The van der Waals surface area contributed by atoms with Gasteiger partial charge in [-0.05, 0) is 13.0 Å². The zero-order valence-corrected chi connectivity index (χ0v) is 12.1. The third kappa shape index (κ3) is 3.62. The Kier molecular flexibility index (Phi) is 4.27. The van der Waals surface area contributed by atoms with Crippen LogP contribution in [0.4, 0.5) is 0 Å². The van der Waals surface area contributed by atoms with Gasteiger partial charge >= 0.3 is 0 Å². The molecule has 0 fully saturated rings. The first-order valence-corrected chi connectivity index (χ1v) is 6.26. The van der Waals surface area contributed by atoms with Crippen LogP contribution in [0.2, 0.25) is 0 Å². The largest absolute Gasteiger partial charge is 0.496 e. The van der Waals surface area contributed by atoms with Gasteiger partial charge in [0.15, 0.2) is 0 Å². The number of pyridine rings is 1. The van der Waals surface area contributed by atoms with E-state index in [9.17, 15) is 0 Å². The van der Waals surface area contributed by atoms with Crippen molar-refractivity contribution in [3.63, 3.8) is 0 Å². The average Bonchev–Trinajstić information content (AvgIpc) is 2.46. The van der Waals surface area contributed by atoms with Gasteiger partial charge in [-0.1, -0.05) is 0 Å². The van der Waals surface area contributed by atoms with Gasteiger partial charge in [0, 0.05) is 35.5 Å². The quantitative estimate of drug-likeness (QED) is 0.651. The Bertz CT molecular complexity index is 649. The topological polar surface area (TPSA) is 90.5 Å². The molecule has 0 bridgehead atoms. The van der Waals surface area contributed by atoms with Gasteiger partial charge in [-0.15, -0.1) is 0 Å². The molecule has 2 aromatic rings. The molecule has 1 heterocycles. The minimum Gasteiger partial charge on any atom is -0.496 e. The number of nitrogens with two attached hydrogens (primary N) is 1. The summed E-state index contributed by atoms with van der Waals surface area (Å²) in [7, 11) is 3.13. The number of nitrogen functional groups attached to an aromatic ring is 1. The van der Waals surface area contributed by atoms with E-state index in [0.29, 0.717) is 34.4 Å². The lowest BCUT2D eigenvalue weighted by Crippen LogP contribution is -2.11. The number of ether oxygens (including phenoxy) is 3. The van der Waals surface area contributed by atoms with Gasteiger partial charge < -0.3 is 19.9 Å². The molecule has 0 saturated carbocycles. The number of amidine groups is 1. The van der Waals surface area contributed by atoms with Gasteiger partial charge in [-0.2, -0.15) is 0 Å². The summed E-state index contributed by atoms with van der Waals surface area (Å²) in [6.07, 6.45) is 0. The summed E-state index contributed by atoms with van der Waals surface area (Å²) in [4.78, 5) is 4.27. The monoisotopic (exact) mass is 287 g/mol. The zero-order valence-electron chi connectivity index (χ0n) is 12.1. The maximum atomic E-state index is 7.49. The Balaban J connectivity index is 2.35. The number of benzene rings is 1. The highest BCUT2D eigenvalue weighted by Crippen LogP contribution is 2.30. The maximum absolute atomic E-state index is 7.49. The predicted molar refractivity (Wildman–Crippen MR) is 79.6 cm³/mol. The van der Waals surface area contributed by atoms with Gasteiger partial charge in [0.05, 0.1) is 14.2 Å². The van der Waals surface area contributed by atoms with Crippen molar-refractivity contribution < 1.29 is 14.2 Å². The fraction of sp³-hybridized carbons (Fsp3) is 0.200. The highest BCUT2D eigenvalue weighted by Gasteiger charge is 2.08. The van der Waals surface area contributed by atoms with Gasteiger partial charge in [0.1, 0.15) is 23.1 Å². The third-order valence-electron chi connectivity index (χ3n) is 2.79. The van der Waals surface area contributed by atoms with Crippen LogP contribution >= 0.6 is 0 Å². The summed E-state index contributed by atoms with van der Waals surface area (Å²) < 4.78 is 16.1. The molecule has 0 saturated heterocycles. The molecule has 0 spiro atoms. The highest BCUT2D eigenvalue weighted by molar-refractivity contribution is 5.95. The van der Waals surface area contributed by atoms with Crippen molar-refractivity contribution in [1.29, 1.82) is 5.41 Å². The summed E-state index contributed by atoms with van der Waals surface area (Å²) in [5.74, 6) is 2.08. The van der Waals surface area contributed by atoms with Crippen molar-refractivity contribution in [1.82, 2.24) is 4.98 Å². The molecule has 21 heavy (non-hydrogen) atoms. The molecule has 0 unspecified atom stereocenters. The molecule has 0 amide bonds. The van der Waals surface area contributed by atoms with Crippen molar-refractivity contribution >= 4 is 5.84 Å². The second-order valence-electron chi connectivity index (χ2n) is 4.40. The molecule has 110 valence electrons. The van der Waals surface area contributed by atoms with Gasteiger partial charge in [-0.25, -0.2) is 4.98 Å². The lowest BCUT2D eigenvalue weighted by Gasteiger charge is -2.10. The average molecular weight is 287 g/mol. The van der Waals surface area contributed by atoms with Crippen molar-refractivity contribution in [2.75, 3.05) is 14.2 Å². The van der Waals surface area contributed by atoms with E-state index >= 15 is 0 Å². The highest BCUT2D eigenvalue weighted by atomic mass is 16.5. The first kappa shape index (κ1) is 14.6. The third-order valence-corrected chi connectivity index (χ3v) is 2.79. The number of hydrogen-bond acceptors (Lipinski definition) is 5. The van der Waals surface area contributed by atoms with Gasteiger partial charge in [-0.3, -0.25) is 5.41 Å². The number of aryl methyl sites for hydroxylation is 1. The second kappa shape index (κ2) is 6.13. The smallest absolute Gasteiger partial charge is 0.220 e. The minimum atomic E-state index is -0.0337. The van der Waals surface area contributed by atoms with Gasteiger partial charge in [0.25, 0.3) is 0 Å². The lowest BCUT2D eigenvalue weighted by molar-refractivity contribution is 0.385. The molecule has 0 aliphatic carbocycles. The second-order valence-corrected chi connectivity index (χ2v) is 4.40. The van der Waals surface area contributed by atoms with E-state index in [-0.39, 0.29) is 5.84 Å². The summed E-state index contributed by atoms with van der Waals surface area (Å²) >= 11 is 0. The molecule has 2 rings (SSSR count). The zero-order chi connectivity index (χ0) is 15.4. The molecule has 3 N–H and O–H groups in total. The summed E-state index contributed by atoms with van der Waals surface area (Å²) in [5, 5.41) is 7.49. The lowest BCUT2D eigenvalue weighted by atomic mass is 10.2. The Morgan fingerprint density at radius 1 is 1.00 bits per heavy atom. The number of nitrogens with zero attached hydrogens (tertiary/aromatic N) is 1. The standard InChI is InChI=1S/C15H17N3O3/c1-9-4-10(15(16)17)5-14(18-9)21-13-7-11(19-2)6-12(8-13)20-3/h4-8H,1-3H3,(H3,16,17). The van der Waals surface area contributed by atoms with E-state index in [4.69, 9.17) is 25.4 Å². The van der Waals surface area contributed by atoms with Crippen LogP contribution in [0.25, 0.3) is 0 Å². The molecule has 6 nitrogen and oxygen atoms in total. The van der Waals surface area contributed by atoms with Crippen LogP contribution in [-0.2, 0) is 0 Å². The number of methoxy groups -OCH3 is 2. The normalized spacial score (nSPS) is 10.0. The van der Waals surface area contributed by atoms with Crippen molar-refractivity contribution in [3.8, 4) is 23.1 Å². The number of nitrogens with one attached hydrogen (secondary N) is 1. The van der Waals surface area contributed by atoms with Crippen LogP contribution in [0, 0.1) is 12.3 Å². The van der Waals surface area contributed by atoms with Crippen molar-refractivity contribution in [2.24, 2.45) is 5.73 Å². The SMILES string of the molecule is COc1cc(OC)cc(Oc2cc(C(=N)N)cc(C)n2)c1. The number of aromatic nitrogens is 1. The van der Waals surface area contributed by atoms with E-state index in [1.54, 1.807) is 44.6 Å². The van der Waals surface area contributed by atoms with E-state index in [0.717, 1.165) is 0 Å². The first-order chi connectivity index (χ1) is 10.0. The fourth-order valence-electron chi connectivity index (χ4n) is 1.81. The molecule has 0 atom stereocenters. The fourth-order valence-corrected chi connectivity index (χ4v) is 1.81. The molecule has 0 aliphatic rings. The molecule has 0 aliphatic heterocycles. The van der Waals surface area contributed by atoms with Crippen LogP contribution in [0.1, 0.15) is 11.3 Å². The van der Waals surface area contributed by atoms with E-state index in [1.165, 1.54) is 0 Å². The van der Waals surface area contributed by atoms with E-state index in [1.807, 2.05) is 6.92 Å². The van der Waals surface area contributed by atoms with Crippen LogP contribution in [0.15, 0.2) is 30.3 Å². The Hall–Kier alpha value is -2.76. The van der Waals surface area contributed by atoms with Gasteiger partial charge in [0.2, 0.25) is 5.88 Å². The molecule has 1 aromatic heterocycles. The summed E-state index contributed by atoms with van der Waals surface area (Å²) in [6.45, 7) is 1.81. The minimum absolute atomic E-state index is 0.0337. The number of hydrogen-bond donors (Lipinski definition) is 2. The molecular formula is C15H17N3O3. The van der Waals surface area contributed by atoms with Crippen LogP contribution < -0.4 is 19.9 Å².